The summed E-state index contributed by atoms with van der Waals surface area (Å²) in [5, 5.41) is 2.36. The van der Waals surface area contributed by atoms with Crippen LogP contribution in [0, 0.1) is 0 Å². The van der Waals surface area contributed by atoms with Crippen molar-refractivity contribution in [2.24, 2.45) is 0 Å². The summed E-state index contributed by atoms with van der Waals surface area (Å²) in [7, 11) is 0. The minimum Gasteiger partial charge on any atom is -0.468 e. The number of nitrogens with one attached hydrogen (secondary N) is 1. The van der Waals surface area contributed by atoms with E-state index in [1.807, 2.05) is 18.3 Å². The lowest BCUT2D eigenvalue weighted by atomic mass is 10.2. The molecule has 1 heterocycles. The van der Waals surface area contributed by atoms with E-state index in [0.717, 1.165) is 10.9 Å². The van der Waals surface area contributed by atoms with Crippen LogP contribution < -0.4 is 0 Å². The number of rotatable bonds is 2. The van der Waals surface area contributed by atoms with Gasteiger partial charge in [0.05, 0.1) is 11.6 Å². The maximum Gasteiger partial charge on any atom is 0.293 e. The molecule has 2 rings (SSSR count). The van der Waals surface area contributed by atoms with E-state index >= 15 is 0 Å². The second-order valence-corrected chi connectivity index (χ2v) is 3.72. The Morgan fingerprint density at radius 3 is 2.75 bits per heavy atom. The number of carbonyl (C=O) groups is 1. The zero-order chi connectivity index (χ0) is 12.0. The highest BCUT2D eigenvalue weighted by atomic mass is 35.5. The summed E-state index contributed by atoms with van der Waals surface area (Å²) in [5.41, 5.74) is 0.975. The number of hydrogen-bond acceptors (Lipinski definition) is 2. The monoisotopic (exact) mass is 259 g/mol. The van der Waals surface area contributed by atoms with Crippen LogP contribution in [0.15, 0.2) is 24.4 Å². The van der Waals surface area contributed by atoms with E-state index < -0.39 is 0 Å². The molecule has 0 amide bonds. The largest absolute Gasteiger partial charge is 0.468 e. The molecule has 1 aromatic carbocycles. The molecule has 0 unspecified atom stereocenters. The molecule has 0 saturated carbocycles. The molecule has 86 valence electrons. The Hall–Kier alpha value is -1.19. The fourth-order valence-corrected chi connectivity index (χ4v) is 1.71. The number of aromatic nitrogens is 1. The third-order valence-electron chi connectivity index (χ3n) is 1.82. The van der Waals surface area contributed by atoms with E-state index in [9.17, 15) is 4.79 Å². The van der Waals surface area contributed by atoms with Crippen LogP contribution in [0.3, 0.4) is 0 Å². The van der Waals surface area contributed by atoms with Gasteiger partial charge >= 0.3 is 0 Å². The van der Waals surface area contributed by atoms with E-state index in [2.05, 4.69) is 9.72 Å². The molecular formula is C11H11Cl2NO2. The van der Waals surface area contributed by atoms with Gasteiger partial charge in [0.15, 0.2) is 0 Å². The van der Waals surface area contributed by atoms with Gasteiger partial charge in [0.2, 0.25) is 0 Å². The van der Waals surface area contributed by atoms with Gasteiger partial charge in [-0.05, 0) is 25.1 Å². The Bertz CT molecular complexity index is 468. The van der Waals surface area contributed by atoms with Crippen LogP contribution in [0.1, 0.15) is 6.92 Å². The first-order valence-corrected chi connectivity index (χ1v) is 5.42. The summed E-state index contributed by atoms with van der Waals surface area (Å²) in [5.74, 6) is 0. The zero-order valence-corrected chi connectivity index (χ0v) is 10.2. The summed E-state index contributed by atoms with van der Waals surface area (Å²) in [4.78, 5) is 12.2. The Morgan fingerprint density at radius 1 is 1.44 bits per heavy atom. The molecule has 5 heteroatoms. The van der Waals surface area contributed by atoms with Crippen LogP contribution in [-0.2, 0) is 9.53 Å². The minimum absolute atomic E-state index is 0.431. The van der Waals surface area contributed by atoms with Gasteiger partial charge in [-0.2, -0.15) is 0 Å². The topological polar surface area (TPSA) is 42.1 Å². The minimum atomic E-state index is 0.431. The van der Waals surface area contributed by atoms with Crippen molar-refractivity contribution in [2.45, 2.75) is 6.92 Å². The Morgan fingerprint density at radius 2 is 2.19 bits per heavy atom. The molecule has 2 aromatic rings. The molecular weight excluding hydrogens is 249 g/mol. The summed E-state index contributed by atoms with van der Waals surface area (Å²) in [6.45, 7) is 2.66. The van der Waals surface area contributed by atoms with Gasteiger partial charge in [0.1, 0.15) is 0 Å². The normalized spacial score (nSPS) is 9.44. The fraction of sp³-hybridized carbons (Fsp3) is 0.182. The van der Waals surface area contributed by atoms with Gasteiger partial charge in [-0.3, -0.25) is 4.79 Å². The average Bonchev–Trinajstić information content (AvgIpc) is 2.68. The maximum absolute atomic E-state index is 9.18. The summed E-state index contributed by atoms with van der Waals surface area (Å²) < 4.78 is 4.15. The van der Waals surface area contributed by atoms with Crippen molar-refractivity contribution in [2.75, 3.05) is 6.61 Å². The number of H-pyrrole nitrogens is 1. The Kier molecular flexibility index (Phi) is 5.15. The number of fused-ring (bicyclic) bond motifs is 1. The number of carbonyl (C=O) groups excluding carboxylic acids is 1. The van der Waals surface area contributed by atoms with Crippen molar-refractivity contribution in [1.29, 1.82) is 0 Å². The molecule has 0 radical (unpaired) electrons. The van der Waals surface area contributed by atoms with Crippen molar-refractivity contribution in [3.8, 4) is 0 Å². The van der Waals surface area contributed by atoms with Gasteiger partial charge in [-0.1, -0.05) is 23.2 Å². The highest BCUT2D eigenvalue weighted by Crippen LogP contribution is 2.26. The van der Waals surface area contributed by atoms with Crippen LogP contribution in [0.2, 0.25) is 10.0 Å². The van der Waals surface area contributed by atoms with E-state index in [-0.39, 0.29) is 0 Å². The predicted octanol–water partition coefficient (Wildman–Crippen LogP) is 3.65. The molecule has 0 fully saturated rings. The standard InChI is InChI=1S/C8H5Cl2N.C3H6O2/c9-5-3-7(10)6-1-2-11-8(6)4-5;1-2-5-3-4/h1-4,11H;3H,2H2,1H3. The first kappa shape index (κ1) is 12.9. The Labute approximate surface area is 103 Å². The van der Waals surface area contributed by atoms with Gasteiger partial charge in [-0.25, -0.2) is 0 Å². The predicted molar refractivity (Wildman–Crippen MR) is 66.0 cm³/mol. The molecule has 0 aliphatic heterocycles. The lowest BCUT2D eigenvalue weighted by Crippen LogP contribution is -1.80. The highest BCUT2D eigenvalue weighted by Gasteiger charge is 2.00. The van der Waals surface area contributed by atoms with Crippen molar-refractivity contribution >= 4 is 40.6 Å². The molecule has 0 aliphatic rings. The fourth-order valence-electron chi connectivity index (χ4n) is 1.16. The second kappa shape index (κ2) is 6.40. The molecule has 1 N–H and O–H groups in total. The lowest BCUT2D eigenvalue weighted by Gasteiger charge is -1.94. The molecule has 1 aromatic heterocycles. The van der Waals surface area contributed by atoms with Gasteiger partial charge in [-0.15, -0.1) is 0 Å². The molecule has 0 spiro atoms. The third kappa shape index (κ3) is 3.43. The van der Waals surface area contributed by atoms with Crippen molar-refractivity contribution in [3.05, 3.63) is 34.4 Å². The molecule has 0 bridgehead atoms. The van der Waals surface area contributed by atoms with Crippen LogP contribution in [0.5, 0.6) is 0 Å². The van der Waals surface area contributed by atoms with Gasteiger partial charge < -0.3 is 9.72 Å². The summed E-state index contributed by atoms with van der Waals surface area (Å²) in [6, 6.07) is 5.51. The second-order valence-electron chi connectivity index (χ2n) is 2.88. The Balaban J connectivity index is 0.000000221. The van der Waals surface area contributed by atoms with E-state index in [4.69, 9.17) is 23.2 Å². The molecule has 16 heavy (non-hydrogen) atoms. The molecule has 0 saturated heterocycles. The van der Waals surface area contributed by atoms with Crippen LogP contribution in [-0.4, -0.2) is 18.1 Å². The third-order valence-corrected chi connectivity index (χ3v) is 2.35. The van der Waals surface area contributed by atoms with Gasteiger partial charge in [0.25, 0.3) is 6.47 Å². The van der Waals surface area contributed by atoms with Crippen LogP contribution in [0.25, 0.3) is 10.9 Å². The number of hydrogen-bond donors (Lipinski definition) is 1. The SMILES string of the molecule is CCOC=O.Clc1cc(Cl)c2cc[nH]c2c1. The molecule has 0 aliphatic carbocycles. The zero-order valence-electron chi connectivity index (χ0n) is 8.67. The van der Waals surface area contributed by atoms with Crippen molar-refractivity contribution in [3.63, 3.8) is 0 Å². The van der Waals surface area contributed by atoms with E-state index in [1.165, 1.54) is 0 Å². The van der Waals surface area contributed by atoms with Crippen molar-refractivity contribution < 1.29 is 9.53 Å². The van der Waals surface area contributed by atoms with Crippen molar-refractivity contribution in [1.82, 2.24) is 4.98 Å². The summed E-state index contributed by atoms with van der Waals surface area (Å²) in [6.07, 6.45) is 1.84. The quantitative estimate of drug-likeness (QED) is 0.837. The number of halogens is 2. The maximum atomic E-state index is 9.18. The molecule has 0 atom stereocenters. The number of aromatic amines is 1. The first-order valence-electron chi connectivity index (χ1n) is 4.66. The van der Waals surface area contributed by atoms with E-state index in [1.54, 1.807) is 13.0 Å². The van der Waals surface area contributed by atoms with E-state index in [0.29, 0.717) is 23.1 Å². The number of ether oxygens (including phenoxy) is 1. The molecule has 3 nitrogen and oxygen atoms in total. The highest BCUT2D eigenvalue weighted by molar-refractivity contribution is 6.38. The lowest BCUT2D eigenvalue weighted by molar-refractivity contribution is -0.128. The van der Waals surface area contributed by atoms with Crippen LogP contribution >= 0.6 is 23.2 Å². The van der Waals surface area contributed by atoms with Crippen LogP contribution in [0.4, 0.5) is 0 Å². The number of benzene rings is 1. The first-order chi connectivity index (χ1) is 7.69. The van der Waals surface area contributed by atoms with Gasteiger partial charge in [0, 0.05) is 22.1 Å². The summed E-state index contributed by atoms with van der Waals surface area (Å²) >= 11 is 11.7. The smallest absolute Gasteiger partial charge is 0.293 e. The average molecular weight is 260 g/mol.